The van der Waals surface area contributed by atoms with Crippen molar-refractivity contribution in [1.82, 2.24) is 4.90 Å². The van der Waals surface area contributed by atoms with Crippen molar-refractivity contribution < 1.29 is 28.2 Å². The van der Waals surface area contributed by atoms with E-state index >= 15 is 0 Å². The number of piperidine rings is 1. The molecule has 22 heavy (non-hydrogen) atoms. The zero-order valence-electron chi connectivity index (χ0n) is 11.7. The second-order valence-corrected chi connectivity index (χ2v) is 5.70. The summed E-state index contributed by atoms with van der Waals surface area (Å²) >= 11 is 0. The summed E-state index contributed by atoms with van der Waals surface area (Å²) in [5, 5.41) is 9.12. The third kappa shape index (κ3) is 2.03. The van der Waals surface area contributed by atoms with Crippen LogP contribution in [0.2, 0.25) is 0 Å². The van der Waals surface area contributed by atoms with Crippen molar-refractivity contribution in [3.8, 4) is 0 Å². The maximum Gasteiger partial charge on any atom is 0.410 e. The van der Waals surface area contributed by atoms with Crippen molar-refractivity contribution in [2.24, 2.45) is 11.3 Å². The Kier molecular flexibility index (Phi) is 3.30. The first kappa shape index (κ1) is 14.7. The molecule has 1 heterocycles. The fourth-order valence-electron chi connectivity index (χ4n) is 3.17. The highest BCUT2D eigenvalue weighted by Crippen LogP contribution is 2.69. The fourth-order valence-corrected chi connectivity index (χ4v) is 3.17. The van der Waals surface area contributed by atoms with Crippen LogP contribution >= 0.6 is 0 Å². The van der Waals surface area contributed by atoms with Crippen LogP contribution in [0.3, 0.4) is 0 Å². The summed E-state index contributed by atoms with van der Waals surface area (Å²) in [6, 6.07) is 8.94. The maximum atomic E-state index is 13.7. The Morgan fingerprint density at radius 2 is 2.00 bits per heavy atom. The first-order valence-corrected chi connectivity index (χ1v) is 6.96. The number of rotatable bonds is 3. The molecule has 2 aliphatic rings. The van der Waals surface area contributed by atoms with E-state index < -0.39 is 35.9 Å². The number of fused-ring (bicyclic) bond motifs is 1. The molecule has 0 unspecified atom stereocenters. The van der Waals surface area contributed by atoms with Gasteiger partial charge in [-0.2, -0.15) is 0 Å². The van der Waals surface area contributed by atoms with Gasteiger partial charge in [-0.3, -0.25) is 4.79 Å². The number of halogens is 2. The van der Waals surface area contributed by atoms with Crippen molar-refractivity contribution in [1.29, 1.82) is 0 Å². The summed E-state index contributed by atoms with van der Waals surface area (Å²) in [6.07, 6.45) is -0.787. The van der Waals surface area contributed by atoms with E-state index in [2.05, 4.69) is 0 Å². The lowest BCUT2D eigenvalue weighted by molar-refractivity contribution is -0.149. The lowest BCUT2D eigenvalue weighted by Crippen LogP contribution is -2.45. The van der Waals surface area contributed by atoms with Crippen molar-refractivity contribution in [3.05, 3.63) is 35.9 Å². The van der Waals surface area contributed by atoms with E-state index in [0.717, 1.165) is 10.5 Å². The quantitative estimate of drug-likeness (QED) is 0.930. The standard InChI is InChI=1S/C15H15F2NO4/c16-15(17)11-6-7-18(9-14(11,15)12(19)20)13(21)22-8-10-4-2-1-3-5-10/h1-5,11H,6-9H2,(H,19,20)/t11-,14+/m1/s1. The molecule has 1 N–H and O–H groups in total. The van der Waals surface area contributed by atoms with Gasteiger partial charge in [-0.05, 0) is 12.0 Å². The molecule has 1 amide bonds. The van der Waals surface area contributed by atoms with E-state index in [9.17, 15) is 18.4 Å². The molecule has 0 aromatic heterocycles. The molecule has 2 fully saturated rings. The van der Waals surface area contributed by atoms with Gasteiger partial charge in [0.15, 0.2) is 5.41 Å². The number of carbonyl (C=O) groups excluding carboxylic acids is 1. The number of carboxylic acids is 1. The topological polar surface area (TPSA) is 66.8 Å². The van der Waals surface area contributed by atoms with Gasteiger partial charge < -0.3 is 14.7 Å². The van der Waals surface area contributed by atoms with E-state index in [-0.39, 0.29) is 19.6 Å². The number of carboxylic acid groups (broad SMARTS) is 1. The monoisotopic (exact) mass is 311 g/mol. The predicted octanol–water partition coefficient (Wildman–Crippen LogP) is 2.37. The molecule has 1 aliphatic heterocycles. The van der Waals surface area contributed by atoms with Crippen molar-refractivity contribution in [3.63, 3.8) is 0 Å². The van der Waals surface area contributed by atoms with Crippen molar-refractivity contribution >= 4 is 12.1 Å². The second-order valence-electron chi connectivity index (χ2n) is 5.70. The zero-order valence-corrected chi connectivity index (χ0v) is 11.7. The number of ether oxygens (including phenoxy) is 1. The third-order valence-corrected chi connectivity index (χ3v) is 4.52. The van der Waals surface area contributed by atoms with Crippen LogP contribution in [-0.2, 0) is 16.1 Å². The summed E-state index contributed by atoms with van der Waals surface area (Å²) in [5.74, 6) is -5.99. The number of alkyl halides is 2. The average Bonchev–Trinajstić information content (AvgIpc) is 3.03. The smallest absolute Gasteiger partial charge is 0.410 e. The lowest BCUT2D eigenvalue weighted by atomic mass is 9.97. The van der Waals surface area contributed by atoms with Crippen LogP contribution in [0.25, 0.3) is 0 Å². The minimum atomic E-state index is -3.26. The van der Waals surface area contributed by atoms with Crippen LogP contribution in [0, 0.1) is 11.3 Å². The minimum Gasteiger partial charge on any atom is -0.481 e. The number of hydrogen-bond donors (Lipinski definition) is 1. The molecule has 1 aliphatic carbocycles. The number of nitrogens with zero attached hydrogens (tertiary/aromatic N) is 1. The molecule has 1 aromatic rings. The Morgan fingerprint density at radius 1 is 1.32 bits per heavy atom. The molecule has 3 rings (SSSR count). The molecule has 7 heteroatoms. The van der Waals surface area contributed by atoms with E-state index in [4.69, 9.17) is 9.84 Å². The molecular formula is C15H15F2NO4. The number of benzene rings is 1. The Hall–Kier alpha value is -2.18. The maximum absolute atomic E-state index is 13.7. The summed E-state index contributed by atoms with van der Waals surface area (Å²) in [4.78, 5) is 24.3. The molecule has 0 radical (unpaired) electrons. The number of likely N-dealkylation sites (tertiary alicyclic amines) is 1. The zero-order chi connectivity index (χ0) is 16.0. The summed E-state index contributed by atoms with van der Waals surface area (Å²) in [5.41, 5.74) is -1.37. The van der Waals surface area contributed by atoms with E-state index in [1.54, 1.807) is 24.3 Å². The Morgan fingerprint density at radius 3 is 2.64 bits per heavy atom. The summed E-state index contributed by atoms with van der Waals surface area (Å²) < 4.78 is 32.5. The molecular weight excluding hydrogens is 296 g/mol. The van der Waals surface area contributed by atoms with Gasteiger partial charge in [-0.15, -0.1) is 0 Å². The van der Waals surface area contributed by atoms with Crippen LogP contribution in [-0.4, -0.2) is 41.1 Å². The lowest BCUT2D eigenvalue weighted by Gasteiger charge is -2.28. The largest absolute Gasteiger partial charge is 0.481 e. The van der Waals surface area contributed by atoms with Crippen LogP contribution in [0.4, 0.5) is 13.6 Å². The van der Waals surface area contributed by atoms with Gasteiger partial charge in [0.1, 0.15) is 6.61 Å². The highest BCUT2D eigenvalue weighted by Gasteiger charge is 2.86. The van der Waals surface area contributed by atoms with Crippen LogP contribution in [0.15, 0.2) is 30.3 Å². The molecule has 0 bridgehead atoms. The highest BCUT2D eigenvalue weighted by molar-refractivity contribution is 5.83. The van der Waals surface area contributed by atoms with Crippen molar-refractivity contribution in [2.75, 3.05) is 13.1 Å². The van der Waals surface area contributed by atoms with Gasteiger partial charge in [-0.1, -0.05) is 30.3 Å². The van der Waals surface area contributed by atoms with E-state index in [1.807, 2.05) is 6.07 Å². The Balaban J connectivity index is 1.64. The summed E-state index contributed by atoms with van der Waals surface area (Å²) in [7, 11) is 0. The fraction of sp³-hybridized carbons (Fsp3) is 0.467. The van der Waals surface area contributed by atoms with E-state index in [1.165, 1.54) is 0 Å². The number of amides is 1. The Labute approximate surface area is 125 Å². The SMILES string of the molecule is O=C(OCc1ccccc1)N1CC[C@H]2C(F)(F)[C@@]2(C(=O)O)C1. The molecule has 1 saturated carbocycles. The molecule has 5 nitrogen and oxygen atoms in total. The minimum absolute atomic E-state index is 0.0239. The third-order valence-electron chi connectivity index (χ3n) is 4.52. The van der Waals surface area contributed by atoms with E-state index in [0.29, 0.717) is 0 Å². The second kappa shape index (κ2) is 4.93. The van der Waals surface area contributed by atoms with Gasteiger partial charge in [0.05, 0.1) is 0 Å². The van der Waals surface area contributed by atoms with Gasteiger partial charge in [0, 0.05) is 19.0 Å². The predicted molar refractivity (Wildman–Crippen MR) is 71.3 cm³/mol. The number of aliphatic carboxylic acids is 1. The molecule has 2 atom stereocenters. The van der Waals surface area contributed by atoms with Crippen LogP contribution in [0.1, 0.15) is 12.0 Å². The van der Waals surface area contributed by atoms with Gasteiger partial charge in [-0.25, -0.2) is 13.6 Å². The molecule has 1 aromatic carbocycles. The van der Waals surface area contributed by atoms with Crippen LogP contribution < -0.4 is 0 Å². The Bertz CT molecular complexity index is 607. The molecule has 118 valence electrons. The average molecular weight is 311 g/mol. The van der Waals surface area contributed by atoms with Crippen LogP contribution in [0.5, 0.6) is 0 Å². The highest BCUT2D eigenvalue weighted by atomic mass is 19.3. The number of hydrogen-bond acceptors (Lipinski definition) is 3. The summed E-state index contributed by atoms with van der Waals surface area (Å²) in [6.45, 7) is -0.396. The van der Waals surface area contributed by atoms with Gasteiger partial charge in [0.25, 0.3) is 5.92 Å². The first-order chi connectivity index (χ1) is 10.4. The number of carbonyl (C=O) groups is 2. The van der Waals surface area contributed by atoms with Crippen molar-refractivity contribution in [2.45, 2.75) is 19.0 Å². The normalized spacial score (nSPS) is 28.6. The first-order valence-electron chi connectivity index (χ1n) is 6.96. The molecule has 0 spiro atoms. The molecule has 1 saturated heterocycles. The van der Waals surface area contributed by atoms with Gasteiger partial charge >= 0.3 is 12.1 Å². The van der Waals surface area contributed by atoms with Gasteiger partial charge in [0.2, 0.25) is 0 Å².